The molecule has 0 unspecified atom stereocenters. The molecule has 1 fully saturated rings. The van der Waals surface area contributed by atoms with E-state index in [1.165, 1.54) is 7.11 Å². The minimum atomic E-state index is -0.479. The van der Waals surface area contributed by atoms with Crippen molar-refractivity contribution in [2.75, 3.05) is 43.5 Å². The number of carbonyl (C=O) groups excluding carboxylic acids is 2. The molecule has 0 bridgehead atoms. The molecule has 2 amide bonds. The van der Waals surface area contributed by atoms with Crippen LogP contribution in [0.25, 0.3) is 0 Å². The fourth-order valence-corrected chi connectivity index (χ4v) is 3.30. The van der Waals surface area contributed by atoms with Gasteiger partial charge in [0.2, 0.25) is 0 Å². The summed E-state index contributed by atoms with van der Waals surface area (Å²) in [6.45, 7) is 6.55. The standard InChI is InChI=1S/C22H27N3O4/c1-16(2)29-20-11-7-6-10-19(20)24-12-14-25(15-13-24)22(27)23-18-9-5-4-8-17(18)21(26)28-3/h4-11,16H,12-15H2,1-3H3,(H,23,27). The van der Waals surface area contributed by atoms with Gasteiger partial charge in [-0.05, 0) is 38.1 Å². The Morgan fingerprint density at radius 2 is 1.62 bits per heavy atom. The smallest absolute Gasteiger partial charge is 0.339 e. The first-order valence-electron chi connectivity index (χ1n) is 9.73. The van der Waals surface area contributed by atoms with Crippen molar-refractivity contribution >= 4 is 23.4 Å². The molecule has 0 spiro atoms. The molecule has 1 aliphatic rings. The van der Waals surface area contributed by atoms with Gasteiger partial charge in [-0.2, -0.15) is 0 Å². The van der Waals surface area contributed by atoms with Gasteiger partial charge in [0.25, 0.3) is 0 Å². The van der Waals surface area contributed by atoms with Gasteiger partial charge in [0, 0.05) is 26.2 Å². The van der Waals surface area contributed by atoms with Gasteiger partial charge < -0.3 is 24.6 Å². The van der Waals surface area contributed by atoms with E-state index in [4.69, 9.17) is 9.47 Å². The largest absolute Gasteiger partial charge is 0.489 e. The second-order valence-electron chi connectivity index (χ2n) is 7.08. The van der Waals surface area contributed by atoms with E-state index >= 15 is 0 Å². The first kappa shape index (κ1) is 20.5. The third-order valence-corrected chi connectivity index (χ3v) is 4.71. The summed E-state index contributed by atoms with van der Waals surface area (Å²) in [5.41, 5.74) is 1.82. The van der Waals surface area contributed by atoms with Crippen LogP contribution in [0.5, 0.6) is 5.75 Å². The zero-order chi connectivity index (χ0) is 20.8. The number of carbonyl (C=O) groups is 2. The molecule has 0 atom stereocenters. The lowest BCUT2D eigenvalue weighted by molar-refractivity contribution is 0.0602. The molecule has 1 saturated heterocycles. The Morgan fingerprint density at radius 3 is 2.31 bits per heavy atom. The number of rotatable bonds is 5. The number of amides is 2. The minimum Gasteiger partial charge on any atom is -0.489 e. The summed E-state index contributed by atoms with van der Waals surface area (Å²) in [6.07, 6.45) is 0.0955. The summed E-state index contributed by atoms with van der Waals surface area (Å²) in [6, 6.07) is 14.6. The normalized spacial score (nSPS) is 13.9. The highest BCUT2D eigenvalue weighted by atomic mass is 16.5. The molecule has 0 radical (unpaired) electrons. The number of para-hydroxylation sites is 3. The maximum absolute atomic E-state index is 12.7. The van der Waals surface area contributed by atoms with Gasteiger partial charge in [0.1, 0.15) is 5.75 Å². The van der Waals surface area contributed by atoms with Crippen LogP contribution in [0.15, 0.2) is 48.5 Å². The summed E-state index contributed by atoms with van der Waals surface area (Å²) in [4.78, 5) is 28.6. The lowest BCUT2D eigenvalue weighted by atomic mass is 10.2. The molecule has 1 N–H and O–H groups in total. The Hall–Kier alpha value is -3.22. The van der Waals surface area contributed by atoms with E-state index in [0.29, 0.717) is 37.4 Å². The second-order valence-corrected chi connectivity index (χ2v) is 7.08. The highest BCUT2D eigenvalue weighted by Gasteiger charge is 2.24. The molecule has 7 heteroatoms. The number of hydrogen-bond acceptors (Lipinski definition) is 5. The number of benzene rings is 2. The van der Waals surface area contributed by atoms with Crippen LogP contribution < -0.4 is 15.0 Å². The van der Waals surface area contributed by atoms with Crippen molar-refractivity contribution < 1.29 is 19.1 Å². The van der Waals surface area contributed by atoms with Crippen LogP contribution in [0.2, 0.25) is 0 Å². The zero-order valence-corrected chi connectivity index (χ0v) is 17.1. The third-order valence-electron chi connectivity index (χ3n) is 4.71. The SMILES string of the molecule is COC(=O)c1ccccc1NC(=O)N1CCN(c2ccccc2OC(C)C)CC1. The Labute approximate surface area is 171 Å². The predicted octanol–water partition coefficient (Wildman–Crippen LogP) is 3.61. The van der Waals surface area contributed by atoms with Crippen LogP contribution in [0.3, 0.4) is 0 Å². The summed E-state index contributed by atoms with van der Waals surface area (Å²) < 4.78 is 10.7. The Morgan fingerprint density at radius 1 is 0.966 bits per heavy atom. The average Bonchev–Trinajstić information content (AvgIpc) is 2.73. The topological polar surface area (TPSA) is 71.1 Å². The molecular formula is C22H27N3O4. The molecule has 3 rings (SSSR count). The van der Waals surface area contributed by atoms with Gasteiger partial charge in [0.05, 0.1) is 30.2 Å². The lowest BCUT2D eigenvalue weighted by Gasteiger charge is -2.36. The van der Waals surface area contributed by atoms with Gasteiger partial charge >= 0.3 is 12.0 Å². The number of urea groups is 1. The van der Waals surface area contributed by atoms with Gasteiger partial charge in [-0.1, -0.05) is 24.3 Å². The quantitative estimate of drug-likeness (QED) is 0.781. The van der Waals surface area contributed by atoms with Crippen molar-refractivity contribution in [2.24, 2.45) is 0 Å². The van der Waals surface area contributed by atoms with Crippen LogP contribution >= 0.6 is 0 Å². The Balaban J connectivity index is 1.63. The maximum atomic E-state index is 12.7. The van der Waals surface area contributed by atoms with E-state index in [1.807, 2.05) is 38.1 Å². The second kappa shape index (κ2) is 9.32. The summed E-state index contributed by atoms with van der Waals surface area (Å²) in [5, 5.41) is 2.83. The van der Waals surface area contributed by atoms with E-state index in [9.17, 15) is 9.59 Å². The van der Waals surface area contributed by atoms with E-state index in [2.05, 4.69) is 10.2 Å². The molecule has 29 heavy (non-hydrogen) atoms. The number of nitrogens with one attached hydrogen (secondary N) is 1. The minimum absolute atomic E-state index is 0.0955. The number of anilines is 2. The van der Waals surface area contributed by atoms with Crippen LogP contribution in [-0.2, 0) is 4.74 Å². The van der Waals surface area contributed by atoms with Crippen molar-refractivity contribution in [2.45, 2.75) is 20.0 Å². The fourth-order valence-electron chi connectivity index (χ4n) is 3.30. The fraction of sp³-hybridized carbons (Fsp3) is 0.364. The highest BCUT2D eigenvalue weighted by molar-refractivity contribution is 6.00. The Bertz CT molecular complexity index is 861. The number of hydrogen-bond donors (Lipinski definition) is 1. The molecule has 2 aromatic rings. The van der Waals surface area contributed by atoms with Crippen LogP contribution in [-0.4, -0.2) is 56.3 Å². The summed E-state index contributed by atoms with van der Waals surface area (Å²) in [5.74, 6) is 0.375. The number of methoxy groups -OCH3 is 1. The lowest BCUT2D eigenvalue weighted by Crippen LogP contribution is -2.50. The van der Waals surface area contributed by atoms with E-state index in [0.717, 1.165) is 11.4 Å². The molecule has 7 nitrogen and oxygen atoms in total. The van der Waals surface area contributed by atoms with Gasteiger partial charge in [-0.25, -0.2) is 9.59 Å². The number of esters is 1. The molecule has 1 heterocycles. The van der Waals surface area contributed by atoms with Crippen molar-refractivity contribution in [3.05, 3.63) is 54.1 Å². The van der Waals surface area contributed by atoms with Crippen LogP contribution in [0, 0.1) is 0 Å². The van der Waals surface area contributed by atoms with Crippen LogP contribution in [0.1, 0.15) is 24.2 Å². The number of nitrogens with zero attached hydrogens (tertiary/aromatic N) is 2. The molecular weight excluding hydrogens is 370 g/mol. The molecule has 0 saturated carbocycles. The maximum Gasteiger partial charge on any atom is 0.339 e. The monoisotopic (exact) mass is 397 g/mol. The van der Waals surface area contributed by atoms with Crippen molar-refractivity contribution in [1.82, 2.24) is 4.90 Å². The highest BCUT2D eigenvalue weighted by Crippen LogP contribution is 2.29. The van der Waals surface area contributed by atoms with E-state index in [1.54, 1.807) is 29.2 Å². The van der Waals surface area contributed by atoms with Gasteiger partial charge in [0.15, 0.2) is 0 Å². The molecule has 2 aromatic carbocycles. The average molecular weight is 397 g/mol. The van der Waals surface area contributed by atoms with Crippen LogP contribution in [0.4, 0.5) is 16.2 Å². The summed E-state index contributed by atoms with van der Waals surface area (Å²) in [7, 11) is 1.32. The number of ether oxygens (including phenoxy) is 2. The molecule has 0 aliphatic carbocycles. The van der Waals surface area contributed by atoms with Gasteiger partial charge in [-0.15, -0.1) is 0 Å². The third kappa shape index (κ3) is 4.99. The van der Waals surface area contributed by atoms with Crippen molar-refractivity contribution in [1.29, 1.82) is 0 Å². The predicted molar refractivity (Wildman–Crippen MR) is 113 cm³/mol. The molecule has 0 aromatic heterocycles. The zero-order valence-electron chi connectivity index (χ0n) is 17.1. The van der Waals surface area contributed by atoms with E-state index in [-0.39, 0.29) is 12.1 Å². The molecule has 1 aliphatic heterocycles. The van der Waals surface area contributed by atoms with E-state index < -0.39 is 5.97 Å². The molecule has 154 valence electrons. The van der Waals surface area contributed by atoms with Crippen molar-refractivity contribution in [3.8, 4) is 5.75 Å². The van der Waals surface area contributed by atoms with Crippen molar-refractivity contribution in [3.63, 3.8) is 0 Å². The summed E-state index contributed by atoms with van der Waals surface area (Å²) >= 11 is 0. The Kier molecular flexibility index (Phi) is 6.59. The van der Waals surface area contributed by atoms with Gasteiger partial charge in [-0.3, -0.25) is 0 Å². The number of piperazine rings is 1. The first-order chi connectivity index (χ1) is 14.0. The first-order valence-corrected chi connectivity index (χ1v) is 9.73.